The first-order chi connectivity index (χ1) is 27.8. The SMILES string of the molecule is Cc1cc(OCCCc2c3n(c4c(-c5c(C)ncnc5C)c(Cl)ccc24)C(C)CN(c2cc(OCc4ccccc4)cc4cc(C(=O)O)n(C)c24)C3=O)cc(C)c1Cl. The number of carbonyl (C=O) groups is 2. The van der Waals surface area contributed by atoms with Crippen molar-refractivity contribution in [1.82, 2.24) is 19.1 Å². The van der Waals surface area contributed by atoms with Crippen LogP contribution >= 0.6 is 23.2 Å². The van der Waals surface area contributed by atoms with Crippen molar-refractivity contribution in [3.8, 4) is 22.6 Å². The predicted molar refractivity (Wildman–Crippen MR) is 229 cm³/mol. The van der Waals surface area contributed by atoms with Gasteiger partial charge in [-0.15, -0.1) is 0 Å². The van der Waals surface area contributed by atoms with Crippen molar-refractivity contribution >= 4 is 62.6 Å². The van der Waals surface area contributed by atoms with Crippen LogP contribution < -0.4 is 14.4 Å². The summed E-state index contributed by atoms with van der Waals surface area (Å²) in [5.74, 6) is -0.0174. The molecule has 0 fully saturated rings. The quantitative estimate of drug-likeness (QED) is 0.129. The number of halogens is 2. The number of ether oxygens (including phenoxy) is 2. The summed E-state index contributed by atoms with van der Waals surface area (Å²) in [5, 5.41) is 13.0. The summed E-state index contributed by atoms with van der Waals surface area (Å²) < 4.78 is 16.3. The van der Waals surface area contributed by atoms with E-state index in [1.54, 1.807) is 28.9 Å². The number of carbonyl (C=O) groups excluding carboxylic acids is 1. The van der Waals surface area contributed by atoms with Crippen LogP contribution in [0.3, 0.4) is 0 Å². The molecular formula is C46H43Cl2N5O5. The maximum Gasteiger partial charge on any atom is 0.352 e. The van der Waals surface area contributed by atoms with Gasteiger partial charge in [0, 0.05) is 64.0 Å². The number of aromatic carboxylic acids is 1. The summed E-state index contributed by atoms with van der Waals surface area (Å²) in [6.45, 7) is 10.9. The molecule has 296 valence electrons. The largest absolute Gasteiger partial charge is 0.494 e. The molecule has 4 aromatic carbocycles. The smallest absolute Gasteiger partial charge is 0.352 e. The number of nitrogens with zero attached hydrogens (tertiary/aromatic N) is 5. The molecular weight excluding hydrogens is 773 g/mol. The Kier molecular flexibility index (Phi) is 10.4. The Morgan fingerprint density at radius 2 is 1.57 bits per heavy atom. The first-order valence-electron chi connectivity index (χ1n) is 19.2. The number of hydrogen-bond donors (Lipinski definition) is 1. The molecule has 1 atom stereocenters. The molecule has 0 aliphatic carbocycles. The normalized spacial score (nSPS) is 14.0. The van der Waals surface area contributed by atoms with E-state index in [4.69, 9.17) is 32.7 Å². The summed E-state index contributed by atoms with van der Waals surface area (Å²) in [5.41, 5.74) is 9.60. The molecule has 0 saturated carbocycles. The predicted octanol–water partition coefficient (Wildman–Crippen LogP) is 10.6. The topological polar surface area (TPSA) is 112 Å². The van der Waals surface area contributed by atoms with Crippen LogP contribution in [-0.4, -0.2) is 49.2 Å². The Hall–Kier alpha value is -5.84. The average molecular weight is 817 g/mol. The van der Waals surface area contributed by atoms with Crippen molar-refractivity contribution in [2.24, 2.45) is 7.05 Å². The molecule has 12 heteroatoms. The van der Waals surface area contributed by atoms with Crippen molar-refractivity contribution in [1.29, 1.82) is 0 Å². The highest BCUT2D eigenvalue weighted by Gasteiger charge is 2.38. The zero-order valence-corrected chi connectivity index (χ0v) is 34.7. The van der Waals surface area contributed by atoms with Gasteiger partial charge < -0.3 is 28.6 Å². The zero-order valence-electron chi connectivity index (χ0n) is 33.2. The summed E-state index contributed by atoms with van der Waals surface area (Å²) in [6.07, 6.45) is 2.70. The maximum atomic E-state index is 15.4. The van der Waals surface area contributed by atoms with Crippen LogP contribution in [0.1, 0.15) is 74.0 Å². The molecule has 4 heterocycles. The van der Waals surface area contributed by atoms with Gasteiger partial charge >= 0.3 is 5.97 Å². The fourth-order valence-electron chi connectivity index (χ4n) is 8.45. The molecule has 0 bridgehead atoms. The zero-order chi connectivity index (χ0) is 41.0. The lowest BCUT2D eigenvalue weighted by atomic mass is 9.97. The van der Waals surface area contributed by atoms with Gasteiger partial charge in [-0.1, -0.05) is 59.6 Å². The van der Waals surface area contributed by atoms with Crippen molar-refractivity contribution in [2.75, 3.05) is 18.1 Å². The van der Waals surface area contributed by atoms with Crippen molar-refractivity contribution in [3.05, 3.63) is 134 Å². The minimum absolute atomic E-state index is 0.102. The van der Waals surface area contributed by atoms with E-state index in [0.717, 1.165) is 66.4 Å². The van der Waals surface area contributed by atoms with Gasteiger partial charge in [-0.3, -0.25) is 4.79 Å². The van der Waals surface area contributed by atoms with E-state index in [1.165, 1.54) is 0 Å². The molecule has 1 unspecified atom stereocenters. The van der Waals surface area contributed by atoms with Gasteiger partial charge in [-0.2, -0.15) is 0 Å². The van der Waals surface area contributed by atoms with Crippen molar-refractivity contribution in [3.63, 3.8) is 0 Å². The molecule has 7 aromatic rings. The van der Waals surface area contributed by atoms with Crippen molar-refractivity contribution in [2.45, 2.75) is 60.1 Å². The molecule has 1 amide bonds. The highest BCUT2D eigenvalue weighted by atomic mass is 35.5. The first-order valence-corrected chi connectivity index (χ1v) is 20.0. The number of aryl methyl sites for hydroxylation is 6. The van der Waals surface area contributed by atoms with E-state index < -0.39 is 5.97 Å². The number of carboxylic acids is 1. The number of rotatable bonds is 11. The van der Waals surface area contributed by atoms with Gasteiger partial charge in [0.2, 0.25) is 0 Å². The van der Waals surface area contributed by atoms with Gasteiger partial charge in [0.1, 0.15) is 35.8 Å². The lowest BCUT2D eigenvalue weighted by Crippen LogP contribution is -2.43. The lowest BCUT2D eigenvalue weighted by Gasteiger charge is -2.35. The number of anilines is 1. The highest BCUT2D eigenvalue weighted by molar-refractivity contribution is 6.35. The third-order valence-electron chi connectivity index (χ3n) is 11.1. The minimum Gasteiger partial charge on any atom is -0.494 e. The second kappa shape index (κ2) is 15.5. The average Bonchev–Trinajstić information content (AvgIpc) is 3.72. The standard InChI is InChI=1S/C46H43Cl2N5O5/c1-25-17-32(18-26(2)41(25)48)57-16-10-13-34-35-14-15-36(47)40(39-28(4)49-24-50-29(39)5)43(35)53-27(3)22-52(45(54)44(34)53)37-21-33(58-23-30-11-8-7-9-12-30)19-31-20-38(46(55)56)51(6)42(31)37/h7-9,11-12,14-15,17-21,24,27H,10,13,16,22-23H2,1-6H3,(H,55,56). The Labute approximate surface area is 346 Å². The lowest BCUT2D eigenvalue weighted by molar-refractivity contribution is 0.0687. The third kappa shape index (κ3) is 6.84. The van der Waals surface area contributed by atoms with Crippen LogP contribution in [-0.2, 0) is 20.1 Å². The first kappa shape index (κ1) is 39.0. The molecule has 10 nitrogen and oxygen atoms in total. The van der Waals surface area contributed by atoms with Gasteiger partial charge in [0.25, 0.3) is 5.91 Å². The molecule has 1 N–H and O–H groups in total. The van der Waals surface area contributed by atoms with Crippen molar-refractivity contribution < 1.29 is 24.2 Å². The molecule has 1 aliphatic heterocycles. The number of carboxylic acid groups (broad SMARTS) is 1. The van der Waals surface area contributed by atoms with Crippen LogP contribution in [0.15, 0.2) is 79.1 Å². The summed E-state index contributed by atoms with van der Waals surface area (Å²) in [6, 6.07) is 22.6. The van der Waals surface area contributed by atoms with Gasteiger partial charge in [-0.25, -0.2) is 14.8 Å². The molecule has 1 aliphatic rings. The number of aromatic nitrogens is 4. The highest BCUT2D eigenvalue weighted by Crippen LogP contribution is 2.46. The Balaban J connectivity index is 1.27. The number of amides is 1. The molecule has 0 spiro atoms. The Morgan fingerprint density at radius 1 is 0.879 bits per heavy atom. The molecule has 58 heavy (non-hydrogen) atoms. The Bertz CT molecular complexity index is 2730. The Morgan fingerprint density at radius 3 is 2.26 bits per heavy atom. The van der Waals surface area contributed by atoms with E-state index in [-0.39, 0.29) is 17.6 Å². The van der Waals surface area contributed by atoms with Gasteiger partial charge in [-0.05, 0) is 100 Å². The van der Waals surface area contributed by atoms with Crippen LogP contribution in [0.25, 0.3) is 32.9 Å². The van der Waals surface area contributed by atoms with E-state index in [2.05, 4.69) is 21.5 Å². The van der Waals surface area contributed by atoms with Gasteiger partial charge in [0.05, 0.1) is 28.4 Å². The molecule has 8 rings (SSSR count). The number of benzene rings is 4. The van der Waals surface area contributed by atoms with Gasteiger partial charge in [0.15, 0.2) is 0 Å². The summed E-state index contributed by atoms with van der Waals surface area (Å²) in [4.78, 5) is 38.7. The van der Waals surface area contributed by atoms with E-state index >= 15 is 4.79 Å². The fraction of sp³-hybridized carbons (Fsp3) is 0.261. The molecule has 3 aromatic heterocycles. The second-order valence-electron chi connectivity index (χ2n) is 15.1. The van der Waals surface area contributed by atoms with Crippen LogP contribution in [0.4, 0.5) is 5.69 Å². The maximum absolute atomic E-state index is 15.4. The monoisotopic (exact) mass is 815 g/mol. The van der Waals surface area contributed by atoms with Crippen LogP contribution in [0.2, 0.25) is 10.0 Å². The van der Waals surface area contributed by atoms with E-state index in [0.29, 0.717) is 65.7 Å². The minimum atomic E-state index is -1.07. The number of fused-ring (bicyclic) bond motifs is 4. The second-order valence-corrected chi connectivity index (χ2v) is 15.9. The molecule has 0 radical (unpaired) electrons. The fourth-order valence-corrected chi connectivity index (χ4v) is 8.80. The number of hydrogen-bond acceptors (Lipinski definition) is 6. The summed E-state index contributed by atoms with van der Waals surface area (Å²) >= 11 is 13.5. The van der Waals surface area contributed by atoms with E-state index in [9.17, 15) is 9.90 Å². The van der Waals surface area contributed by atoms with E-state index in [1.807, 2.05) is 94.4 Å². The molecule has 0 saturated heterocycles. The summed E-state index contributed by atoms with van der Waals surface area (Å²) in [7, 11) is 1.71. The van der Waals surface area contributed by atoms with Crippen LogP contribution in [0.5, 0.6) is 11.5 Å². The third-order valence-corrected chi connectivity index (χ3v) is 12.0. The van der Waals surface area contributed by atoms with Crippen LogP contribution in [0, 0.1) is 27.7 Å².